The summed E-state index contributed by atoms with van der Waals surface area (Å²) < 4.78 is 5.12. The Labute approximate surface area is 114 Å². The number of unbranched alkanes of at least 4 members (excludes halogenated alkanes) is 1. The van der Waals surface area contributed by atoms with Crippen molar-refractivity contribution >= 4 is 11.6 Å². The number of nitrogens with zero attached hydrogens (tertiary/aromatic N) is 1. The van der Waals surface area contributed by atoms with Gasteiger partial charge in [-0.3, -0.25) is 0 Å². The Bertz CT molecular complexity index is 417. The topological polar surface area (TPSA) is 33.0 Å². The molecule has 0 saturated carbocycles. The van der Waals surface area contributed by atoms with Crippen molar-refractivity contribution in [1.82, 2.24) is 0 Å². The fourth-order valence-corrected chi connectivity index (χ4v) is 1.75. The molecule has 3 heteroatoms. The molecule has 0 bridgehead atoms. The van der Waals surface area contributed by atoms with Gasteiger partial charge in [0.05, 0.1) is 24.5 Å². The smallest absolute Gasteiger partial charge is 0.0979 e. The van der Waals surface area contributed by atoms with Crippen LogP contribution in [-0.2, 0) is 11.2 Å². The lowest BCUT2D eigenvalue weighted by Crippen LogP contribution is -1.88. The number of halogens is 1. The van der Waals surface area contributed by atoms with E-state index in [1.54, 1.807) is 6.26 Å². The molecular weight excluding hydrogens is 246 g/mol. The Hall–Kier alpha value is -1.46. The lowest BCUT2D eigenvalue weighted by Gasteiger charge is -2.02. The van der Waals surface area contributed by atoms with Crippen molar-refractivity contribution < 1.29 is 4.74 Å². The average Bonchev–Trinajstić information content (AvgIpc) is 2.40. The van der Waals surface area contributed by atoms with Crippen molar-refractivity contribution in [3.8, 4) is 6.07 Å². The highest BCUT2D eigenvalue weighted by Gasteiger charge is 1.98. The molecule has 0 saturated heterocycles. The molecule has 0 aromatic heterocycles. The normalized spacial score (nSPS) is 11.1. The average molecular weight is 264 g/mol. The zero-order valence-corrected chi connectivity index (χ0v) is 11.4. The van der Waals surface area contributed by atoms with E-state index in [-0.39, 0.29) is 0 Å². The van der Waals surface area contributed by atoms with Crippen LogP contribution in [0.2, 0.25) is 5.02 Å². The standard InChI is InChI=1S/C15H18ClNO/c1-2-18-12-14(11-17)6-4-3-5-13-7-9-15(16)10-8-13/h7-10,12H,2-6H2,1H3. The monoisotopic (exact) mass is 263 g/mol. The van der Waals surface area contributed by atoms with Crippen molar-refractivity contribution in [3.63, 3.8) is 0 Å². The molecule has 1 aromatic rings. The summed E-state index contributed by atoms with van der Waals surface area (Å²) in [6.07, 6.45) is 5.43. The van der Waals surface area contributed by atoms with Crippen LogP contribution in [0.1, 0.15) is 31.7 Å². The Morgan fingerprint density at radius 2 is 2.06 bits per heavy atom. The third-order valence-corrected chi connectivity index (χ3v) is 2.86. The van der Waals surface area contributed by atoms with Gasteiger partial charge in [0.25, 0.3) is 0 Å². The maximum atomic E-state index is 8.89. The summed E-state index contributed by atoms with van der Waals surface area (Å²) in [7, 11) is 0. The van der Waals surface area contributed by atoms with Gasteiger partial charge in [0.15, 0.2) is 0 Å². The number of hydrogen-bond acceptors (Lipinski definition) is 2. The SMILES string of the molecule is CCOC=C(C#N)CCCCc1ccc(Cl)cc1. The summed E-state index contributed by atoms with van der Waals surface area (Å²) in [6, 6.07) is 10.1. The summed E-state index contributed by atoms with van der Waals surface area (Å²) in [6.45, 7) is 2.52. The molecule has 2 nitrogen and oxygen atoms in total. The predicted octanol–water partition coefficient (Wildman–Crippen LogP) is 4.50. The van der Waals surface area contributed by atoms with Crippen LogP contribution in [0.3, 0.4) is 0 Å². The highest BCUT2D eigenvalue weighted by molar-refractivity contribution is 6.30. The molecule has 0 fully saturated rings. The van der Waals surface area contributed by atoms with Gasteiger partial charge in [-0.1, -0.05) is 23.7 Å². The first-order valence-corrected chi connectivity index (χ1v) is 6.59. The molecule has 0 amide bonds. The van der Waals surface area contributed by atoms with Crippen molar-refractivity contribution in [3.05, 3.63) is 46.7 Å². The third-order valence-electron chi connectivity index (χ3n) is 2.61. The molecule has 0 atom stereocenters. The minimum atomic E-state index is 0.607. The van der Waals surface area contributed by atoms with Gasteiger partial charge < -0.3 is 4.74 Å². The molecule has 0 aliphatic rings. The van der Waals surface area contributed by atoms with Crippen molar-refractivity contribution in [2.75, 3.05) is 6.61 Å². The summed E-state index contributed by atoms with van der Waals surface area (Å²) in [5.74, 6) is 0. The quantitative estimate of drug-likeness (QED) is 0.412. The van der Waals surface area contributed by atoms with Gasteiger partial charge in [0.1, 0.15) is 0 Å². The zero-order valence-electron chi connectivity index (χ0n) is 10.7. The van der Waals surface area contributed by atoms with E-state index in [1.807, 2.05) is 31.2 Å². The minimum absolute atomic E-state index is 0.607. The van der Waals surface area contributed by atoms with Gasteiger partial charge in [-0.15, -0.1) is 0 Å². The number of hydrogen-bond donors (Lipinski definition) is 0. The highest BCUT2D eigenvalue weighted by atomic mass is 35.5. The highest BCUT2D eigenvalue weighted by Crippen LogP contribution is 2.13. The second-order valence-corrected chi connectivity index (χ2v) is 4.48. The molecule has 0 unspecified atom stereocenters. The predicted molar refractivity (Wildman–Crippen MR) is 74.3 cm³/mol. The Kier molecular flexibility index (Phi) is 6.98. The summed E-state index contributed by atoms with van der Waals surface area (Å²) in [5, 5.41) is 9.66. The van der Waals surface area contributed by atoms with Crippen molar-refractivity contribution in [1.29, 1.82) is 5.26 Å². The first-order valence-electron chi connectivity index (χ1n) is 6.21. The van der Waals surface area contributed by atoms with Gasteiger partial charge in [-0.25, -0.2) is 0 Å². The van der Waals surface area contributed by atoms with Crippen LogP contribution >= 0.6 is 11.6 Å². The number of ether oxygens (including phenoxy) is 1. The molecule has 0 heterocycles. The van der Waals surface area contributed by atoms with Gasteiger partial charge in [-0.05, 0) is 50.3 Å². The van der Waals surface area contributed by atoms with Gasteiger partial charge >= 0.3 is 0 Å². The third kappa shape index (κ3) is 5.75. The summed E-state index contributed by atoms with van der Waals surface area (Å²) in [5.41, 5.74) is 2.00. The number of benzene rings is 1. The Morgan fingerprint density at radius 1 is 1.33 bits per heavy atom. The first-order chi connectivity index (χ1) is 8.76. The second-order valence-electron chi connectivity index (χ2n) is 4.04. The van der Waals surface area contributed by atoms with E-state index in [2.05, 4.69) is 6.07 Å². The van der Waals surface area contributed by atoms with Crippen molar-refractivity contribution in [2.45, 2.75) is 32.6 Å². The molecule has 0 radical (unpaired) electrons. The minimum Gasteiger partial charge on any atom is -0.500 e. The first kappa shape index (κ1) is 14.6. The van der Waals surface area contributed by atoms with E-state index in [1.165, 1.54) is 5.56 Å². The second kappa shape index (κ2) is 8.60. The fraction of sp³-hybridized carbons (Fsp3) is 0.400. The van der Waals surface area contributed by atoms with Crippen LogP contribution in [0, 0.1) is 11.3 Å². The maximum Gasteiger partial charge on any atom is 0.0979 e. The van der Waals surface area contributed by atoms with Crippen LogP contribution < -0.4 is 0 Å². The molecule has 0 spiro atoms. The van der Waals surface area contributed by atoms with E-state index in [0.717, 1.165) is 30.7 Å². The molecule has 0 aliphatic carbocycles. The summed E-state index contributed by atoms with van der Waals surface area (Å²) >= 11 is 5.82. The van der Waals surface area contributed by atoms with Crippen LogP contribution in [0.4, 0.5) is 0 Å². The molecule has 1 aromatic carbocycles. The van der Waals surface area contributed by atoms with Crippen LogP contribution in [0.5, 0.6) is 0 Å². The molecule has 0 aliphatic heterocycles. The van der Waals surface area contributed by atoms with Crippen molar-refractivity contribution in [2.24, 2.45) is 0 Å². The van der Waals surface area contributed by atoms with E-state index in [9.17, 15) is 0 Å². The van der Waals surface area contributed by atoms with Crippen LogP contribution in [-0.4, -0.2) is 6.61 Å². The molecule has 0 N–H and O–H groups in total. The molecule has 96 valence electrons. The van der Waals surface area contributed by atoms with E-state index in [0.29, 0.717) is 12.2 Å². The van der Waals surface area contributed by atoms with E-state index < -0.39 is 0 Å². The van der Waals surface area contributed by atoms with Crippen LogP contribution in [0.15, 0.2) is 36.1 Å². The molecular formula is C15H18ClNO. The van der Waals surface area contributed by atoms with Crippen LogP contribution in [0.25, 0.3) is 0 Å². The lowest BCUT2D eigenvalue weighted by atomic mass is 10.1. The number of nitriles is 1. The zero-order chi connectivity index (χ0) is 13.2. The summed E-state index contributed by atoms with van der Waals surface area (Å²) in [4.78, 5) is 0. The van der Waals surface area contributed by atoms with Gasteiger partial charge in [0, 0.05) is 5.02 Å². The Balaban J connectivity index is 2.26. The molecule has 1 rings (SSSR count). The maximum absolute atomic E-state index is 8.89. The largest absolute Gasteiger partial charge is 0.500 e. The van der Waals surface area contributed by atoms with E-state index >= 15 is 0 Å². The number of aryl methyl sites for hydroxylation is 1. The molecule has 18 heavy (non-hydrogen) atoms. The number of rotatable bonds is 7. The lowest BCUT2D eigenvalue weighted by molar-refractivity contribution is 0.266. The van der Waals surface area contributed by atoms with Gasteiger partial charge in [-0.2, -0.15) is 5.26 Å². The van der Waals surface area contributed by atoms with E-state index in [4.69, 9.17) is 21.6 Å². The fourth-order valence-electron chi connectivity index (χ4n) is 1.62. The van der Waals surface area contributed by atoms with Gasteiger partial charge in [0.2, 0.25) is 0 Å². The Morgan fingerprint density at radius 3 is 2.67 bits per heavy atom. The number of allylic oxidation sites excluding steroid dienone is 1.